The van der Waals surface area contributed by atoms with Crippen molar-refractivity contribution in [2.45, 2.75) is 18.9 Å². The summed E-state index contributed by atoms with van der Waals surface area (Å²) in [4.78, 5) is 4.43. The molecule has 0 amide bonds. The van der Waals surface area contributed by atoms with Gasteiger partial charge >= 0.3 is 0 Å². The van der Waals surface area contributed by atoms with Crippen molar-refractivity contribution < 1.29 is 9.47 Å². The highest BCUT2D eigenvalue weighted by molar-refractivity contribution is 5.78. The van der Waals surface area contributed by atoms with Crippen LogP contribution in [0.2, 0.25) is 0 Å². The van der Waals surface area contributed by atoms with E-state index in [0.717, 1.165) is 30.8 Å². The molecule has 1 aromatic rings. The van der Waals surface area contributed by atoms with E-state index in [1.54, 1.807) is 0 Å². The lowest BCUT2D eigenvalue weighted by atomic mass is 10.0. The van der Waals surface area contributed by atoms with Crippen LogP contribution in [0.4, 0.5) is 0 Å². The highest BCUT2D eigenvalue weighted by Gasteiger charge is 2.21. The highest BCUT2D eigenvalue weighted by atomic mass is 16.5. The van der Waals surface area contributed by atoms with Gasteiger partial charge in [-0.05, 0) is 18.1 Å². The Hall–Kier alpha value is -2.01. The largest absolute Gasteiger partial charge is 0.493 e. The number of guanidine groups is 1. The van der Waals surface area contributed by atoms with Crippen molar-refractivity contribution in [1.82, 2.24) is 5.32 Å². The van der Waals surface area contributed by atoms with E-state index >= 15 is 0 Å². The number of aliphatic imine (C=N–C) groups is 1. The average Bonchev–Trinajstić information content (AvgIpc) is 2.54. The van der Waals surface area contributed by atoms with E-state index in [2.05, 4.69) is 22.5 Å². The second kappa shape index (κ2) is 6.63. The van der Waals surface area contributed by atoms with Crippen LogP contribution in [-0.4, -0.2) is 32.3 Å². The topological polar surface area (TPSA) is 68.9 Å². The number of fused-ring (bicyclic) bond motifs is 1. The molecule has 0 aliphatic carbocycles. The van der Waals surface area contributed by atoms with Gasteiger partial charge in [0.25, 0.3) is 0 Å². The molecule has 3 N–H and O–H groups in total. The maximum Gasteiger partial charge on any atom is 0.189 e. The predicted molar refractivity (Wildman–Crippen MR) is 82.4 cm³/mol. The Morgan fingerprint density at radius 3 is 3.10 bits per heavy atom. The van der Waals surface area contributed by atoms with Gasteiger partial charge in [-0.2, -0.15) is 0 Å². The Balaban J connectivity index is 1.62. The molecule has 0 bridgehead atoms. The lowest BCUT2D eigenvalue weighted by Crippen LogP contribution is -2.37. The second-order valence-corrected chi connectivity index (χ2v) is 5.26. The number of para-hydroxylation sites is 1. The quantitative estimate of drug-likeness (QED) is 0.505. The third-order valence-corrected chi connectivity index (χ3v) is 3.79. The average molecular weight is 287 g/mol. The highest BCUT2D eigenvalue weighted by Crippen LogP contribution is 2.31. The molecule has 0 spiro atoms. The van der Waals surface area contributed by atoms with Gasteiger partial charge in [-0.25, -0.2) is 4.99 Å². The summed E-state index contributed by atoms with van der Waals surface area (Å²) in [7, 11) is 0. The molecular formula is C16H21N3O2. The first kappa shape index (κ1) is 13.9. The van der Waals surface area contributed by atoms with Crippen LogP contribution in [0.3, 0.4) is 0 Å². The third-order valence-electron chi connectivity index (χ3n) is 3.79. The van der Waals surface area contributed by atoms with Crippen molar-refractivity contribution in [2.75, 3.05) is 26.4 Å². The van der Waals surface area contributed by atoms with Gasteiger partial charge in [0.15, 0.2) is 5.96 Å². The molecule has 2 aliphatic heterocycles. The first-order valence-corrected chi connectivity index (χ1v) is 7.37. The van der Waals surface area contributed by atoms with E-state index in [1.165, 1.54) is 5.57 Å². The Morgan fingerprint density at radius 2 is 2.24 bits per heavy atom. The van der Waals surface area contributed by atoms with Gasteiger partial charge in [0.2, 0.25) is 0 Å². The zero-order chi connectivity index (χ0) is 14.5. The van der Waals surface area contributed by atoms with Crippen LogP contribution in [0.25, 0.3) is 0 Å². The molecule has 5 nitrogen and oxygen atoms in total. The molecule has 112 valence electrons. The van der Waals surface area contributed by atoms with Crippen LogP contribution in [0.1, 0.15) is 24.4 Å². The molecule has 2 aliphatic rings. The molecule has 0 saturated carbocycles. The standard InChI is InChI=1S/C16H21N3O2/c17-16(18-11-12-5-8-20-9-6-12)19-14-7-10-21-15-4-2-1-3-13(14)15/h1-5,14H,6-11H2,(H3,17,18,19). The predicted octanol–water partition coefficient (Wildman–Crippen LogP) is 1.76. The van der Waals surface area contributed by atoms with Crippen LogP contribution >= 0.6 is 0 Å². The Morgan fingerprint density at radius 1 is 1.33 bits per heavy atom. The summed E-state index contributed by atoms with van der Waals surface area (Å²) in [5.74, 6) is 1.42. The summed E-state index contributed by atoms with van der Waals surface area (Å²) in [6, 6.07) is 8.23. The maximum absolute atomic E-state index is 6.02. The number of hydrogen-bond donors (Lipinski definition) is 2. The van der Waals surface area contributed by atoms with Crippen LogP contribution in [0, 0.1) is 0 Å². The zero-order valence-corrected chi connectivity index (χ0v) is 12.0. The van der Waals surface area contributed by atoms with E-state index in [1.807, 2.05) is 18.2 Å². The monoisotopic (exact) mass is 287 g/mol. The molecule has 5 heteroatoms. The minimum Gasteiger partial charge on any atom is -0.493 e. The molecule has 1 atom stereocenters. The van der Waals surface area contributed by atoms with Gasteiger partial charge in [0, 0.05) is 12.0 Å². The third kappa shape index (κ3) is 3.55. The molecule has 0 aromatic heterocycles. The van der Waals surface area contributed by atoms with Crippen LogP contribution < -0.4 is 15.8 Å². The Bertz CT molecular complexity index is 554. The molecule has 0 saturated heterocycles. The fraction of sp³-hybridized carbons (Fsp3) is 0.438. The van der Waals surface area contributed by atoms with Crippen molar-refractivity contribution in [3.63, 3.8) is 0 Å². The van der Waals surface area contributed by atoms with Crippen molar-refractivity contribution in [1.29, 1.82) is 0 Å². The summed E-state index contributed by atoms with van der Waals surface area (Å²) in [5.41, 5.74) is 8.45. The zero-order valence-electron chi connectivity index (χ0n) is 12.0. The first-order chi connectivity index (χ1) is 10.3. The molecule has 0 radical (unpaired) electrons. The Labute approximate surface area is 124 Å². The minimum atomic E-state index is 0.169. The van der Waals surface area contributed by atoms with E-state index in [0.29, 0.717) is 25.7 Å². The van der Waals surface area contributed by atoms with E-state index < -0.39 is 0 Å². The maximum atomic E-state index is 6.02. The Kier molecular flexibility index (Phi) is 4.40. The molecule has 21 heavy (non-hydrogen) atoms. The van der Waals surface area contributed by atoms with Crippen LogP contribution in [0.15, 0.2) is 40.9 Å². The number of nitrogens with two attached hydrogens (primary N) is 1. The summed E-state index contributed by atoms with van der Waals surface area (Å²) in [6.45, 7) is 2.81. The smallest absolute Gasteiger partial charge is 0.189 e. The molecule has 2 heterocycles. The fourth-order valence-electron chi connectivity index (χ4n) is 2.61. The number of hydrogen-bond acceptors (Lipinski definition) is 3. The molecule has 0 fully saturated rings. The lowest BCUT2D eigenvalue weighted by molar-refractivity contribution is 0.154. The fourth-order valence-corrected chi connectivity index (χ4v) is 2.61. The normalized spacial score (nSPS) is 22.0. The van der Waals surface area contributed by atoms with Gasteiger partial charge in [0.1, 0.15) is 5.75 Å². The summed E-state index contributed by atoms with van der Waals surface area (Å²) < 4.78 is 10.9. The number of nitrogens with zero attached hydrogens (tertiary/aromatic N) is 1. The van der Waals surface area contributed by atoms with Crippen LogP contribution in [0.5, 0.6) is 5.75 Å². The number of ether oxygens (including phenoxy) is 2. The SMILES string of the molecule is NC(=NCC1=CCOCC1)NC1CCOc2ccccc21. The van der Waals surface area contributed by atoms with Crippen LogP contribution in [-0.2, 0) is 4.74 Å². The second-order valence-electron chi connectivity index (χ2n) is 5.26. The summed E-state index contributed by atoms with van der Waals surface area (Å²) in [5, 5.41) is 3.30. The molecule has 1 unspecified atom stereocenters. The van der Waals surface area contributed by atoms with Crippen molar-refractivity contribution >= 4 is 5.96 Å². The van der Waals surface area contributed by atoms with E-state index in [4.69, 9.17) is 15.2 Å². The summed E-state index contributed by atoms with van der Waals surface area (Å²) >= 11 is 0. The van der Waals surface area contributed by atoms with E-state index in [9.17, 15) is 0 Å². The van der Waals surface area contributed by atoms with E-state index in [-0.39, 0.29) is 6.04 Å². The molecule has 1 aromatic carbocycles. The summed E-state index contributed by atoms with van der Waals surface area (Å²) in [6.07, 6.45) is 3.92. The van der Waals surface area contributed by atoms with Gasteiger partial charge < -0.3 is 20.5 Å². The van der Waals surface area contributed by atoms with Gasteiger partial charge in [0.05, 0.1) is 32.4 Å². The van der Waals surface area contributed by atoms with Gasteiger partial charge in [-0.15, -0.1) is 0 Å². The minimum absolute atomic E-state index is 0.169. The van der Waals surface area contributed by atoms with Gasteiger partial charge in [-0.1, -0.05) is 24.3 Å². The van der Waals surface area contributed by atoms with Crippen molar-refractivity contribution in [3.05, 3.63) is 41.5 Å². The number of nitrogens with one attached hydrogen (secondary N) is 1. The van der Waals surface area contributed by atoms with Gasteiger partial charge in [-0.3, -0.25) is 0 Å². The molecule has 3 rings (SSSR count). The first-order valence-electron chi connectivity index (χ1n) is 7.37. The number of benzene rings is 1. The lowest BCUT2D eigenvalue weighted by Gasteiger charge is -2.27. The molecular weight excluding hydrogens is 266 g/mol. The number of rotatable bonds is 3. The van der Waals surface area contributed by atoms with Crippen molar-refractivity contribution in [3.8, 4) is 5.75 Å². The van der Waals surface area contributed by atoms with Crippen molar-refractivity contribution in [2.24, 2.45) is 10.7 Å².